The van der Waals surface area contributed by atoms with Crippen molar-refractivity contribution >= 4 is 0 Å². The van der Waals surface area contributed by atoms with E-state index in [1.54, 1.807) is 12.1 Å². The standard InChI is InChI=1S/C18H19F3N4O2/c1-26-17(15-6-16(24-23-15)18(19,20)21)25(8-12-10-27-11-12)9-14-5-3-2-4-13(14)7-22/h2-6,12,17H,8-11H2,1H3,(H,23,24). The number of aromatic nitrogens is 2. The zero-order valence-corrected chi connectivity index (χ0v) is 14.7. The van der Waals surface area contributed by atoms with Crippen molar-refractivity contribution in [3.05, 3.63) is 52.8 Å². The van der Waals surface area contributed by atoms with Crippen LogP contribution in [-0.4, -0.2) is 42.0 Å². The molecule has 1 aliphatic heterocycles. The molecule has 1 N–H and O–H groups in total. The molecular formula is C18H19F3N4O2. The molecule has 0 saturated carbocycles. The van der Waals surface area contributed by atoms with Gasteiger partial charge in [0.05, 0.1) is 30.5 Å². The number of alkyl halides is 3. The zero-order chi connectivity index (χ0) is 19.4. The van der Waals surface area contributed by atoms with Gasteiger partial charge in [-0.05, 0) is 17.7 Å². The van der Waals surface area contributed by atoms with Gasteiger partial charge in [0.2, 0.25) is 0 Å². The molecule has 0 radical (unpaired) electrons. The van der Waals surface area contributed by atoms with Crippen LogP contribution in [0.3, 0.4) is 0 Å². The Morgan fingerprint density at radius 3 is 2.70 bits per heavy atom. The van der Waals surface area contributed by atoms with E-state index < -0.39 is 18.1 Å². The molecule has 1 unspecified atom stereocenters. The third-order valence-electron chi connectivity index (χ3n) is 4.42. The van der Waals surface area contributed by atoms with Crippen molar-refractivity contribution in [1.29, 1.82) is 5.26 Å². The second-order valence-electron chi connectivity index (χ2n) is 6.40. The Kier molecular flexibility index (Phi) is 5.79. The van der Waals surface area contributed by atoms with Crippen molar-refractivity contribution in [3.63, 3.8) is 0 Å². The molecule has 1 saturated heterocycles. The van der Waals surface area contributed by atoms with Crippen LogP contribution in [0.5, 0.6) is 0 Å². The summed E-state index contributed by atoms with van der Waals surface area (Å²) in [4.78, 5) is 1.89. The average Bonchev–Trinajstić information content (AvgIpc) is 3.09. The summed E-state index contributed by atoms with van der Waals surface area (Å²) in [5.74, 6) is 0.252. The first-order chi connectivity index (χ1) is 12.9. The number of benzene rings is 1. The third kappa shape index (κ3) is 4.47. The molecule has 2 heterocycles. The molecule has 6 nitrogen and oxygen atoms in total. The molecular weight excluding hydrogens is 361 g/mol. The van der Waals surface area contributed by atoms with E-state index in [-0.39, 0.29) is 11.6 Å². The normalized spacial score (nSPS) is 16.1. The third-order valence-corrected chi connectivity index (χ3v) is 4.42. The van der Waals surface area contributed by atoms with Crippen LogP contribution in [0.4, 0.5) is 13.2 Å². The van der Waals surface area contributed by atoms with Crippen molar-refractivity contribution in [2.45, 2.75) is 18.9 Å². The molecule has 0 bridgehead atoms. The Balaban J connectivity index is 1.88. The number of ether oxygens (including phenoxy) is 2. The van der Waals surface area contributed by atoms with Crippen LogP contribution in [-0.2, 0) is 22.2 Å². The van der Waals surface area contributed by atoms with Crippen LogP contribution < -0.4 is 0 Å². The lowest BCUT2D eigenvalue weighted by atomic mass is 10.0. The second-order valence-corrected chi connectivity index (χ2v) is 6.40. The maximum atomic E-state index is 12.9. The number of rotatable bonds is 7. The number of halogens is 3. The molecule has 0 amide bonds. The number of nitrogens with zero attached hydrogens (tertiary/aromatic N) is 3. The van der Waals surface area contributed by atoms with Gasteiger partial charge in [0.15, 0.2) is 11.9 Å². The van der Waals surface area contributed by atoms with E-state index in [1.165, 1.54) is 7.11 Å². The number of aromatic amines is 1. The van der Waals surface area contributed by atoms with E-state index in [0.717, 1.165) is 11.6 Å². The van der Waals surface area contributed by atoms with E-state index in [0.29, 0.717) is 31.9 Å². The Bertz CT molecular complexity index is 811. The smallest absolute Gasteiger partial charge is 0.381 e. The minimum Gasteiger partial charge on any atom is -0.381 e. The molecule has 144 valence electrons. The zero-order valence-electron chi connectivity index (χ0n) is 14.7. The minimum absolute atomic E-state index is 0.208. The highest BCUT2D eigenvalue weighted by atomic mass is 19.4. The largest absolute Gasteiger partial charge is 0.435 e. The molecule has 9 heteroatoms. The van der Waals surface area contributed by atoms with E-state index >= 15 is 0 Å². The van der Waals surface area contributed by atoms with Gasteiger partial charge in [-0.1, -0.05) is 18.2 Å². The maximum Gasteiger partial charge on any atom is 0.435 e. The number of nitriles is 1. The highest BCUT2D eigenvalue weighted by molar-refractivity contribution is 5.37. The van der Waals surface area contributed by atoms with Gasteiger partial charge in [-0.3, -0.25) is 10.00 Å². The fourth-order valence-corrected chi connectivity index (χ4v) is 3.03. The lowest BCUT2D eigenvalue weighted by Crippen LogP contribution is -2.41. The van der Waals surface area contributed by atoms with Crippen LogP contribution in [0.15, 0.2) is 30.3 Å². The van der Waals surface area contributed by atoms with Gasteiger partial charge in [0.25, 0.3) is 0 Å². The molecule has 1 aliphatic rings. The molecule has 1 aromatic heterocycles. The lowest BCUT2D eigenvalue weighted by Gasteiger charge is -2.36. The van der Waals surface area contributed by atoms with Crippen LogP contribution >= 0.6 is 0 Å². The van der Waals surface area contributed by atoms with Crippen LogP contribution in [0.2, 0.25) is 0 Å². The molecule has 2 aromatic rings. The van der Waals surface area contributed by atoms with Crippen molar-refractivity contribution < 1.29 is 22.6 Å². The molecule has 1 aromatic carbocycles. The summed E-state index contributed by atoms with van der Waals surface area (Å²) in [7, 11) is 1.43. The molecule has 27 heavy (non-hydrogen) atoms. The van der Waals surface area contributed by atoms with Crippen molar-refractivity contribution in [2.24, 2.45) is 5.92 Å². The Morgan fingerprint density at radius 2 is 2.15 bits per heavy atom. The molecule has 0 spiro atoms. The van der Waals surface area contributed by atoms with Gasteiger partial charge >= 0.3 is 6.18 Å². The number of methoxy groups -OCH3 is 1. The Labute approximate surface area is 154 Å². The summed E-state index contributed by atoms with van der Waals surface area (Å²) in [6.07, 6.45) is -5.30. The topological polar surface area (TPSA) is 74.2 Å². The summed E-state index contributed by atoms with van der Waals surface area (Å²) < 4.78 is 49.4. The highest BCUT2D eigenvalue weighted by Crippen LogP contribution is 2.31. The predicted octanol–water partition coefficient (Wildman–Crippen LogP) is 3.09. The summed E-state index contributed by atoms with van der Waals surface area (Å²) in [6, 6.07) is 10.2. The van der Waals surface area contributed by atoms with Gasteiger partial charge in [-0.2, -0.15) is 23.5 Å². The fourth-order valence-electron chi connectivity index (χ4n) is 3.03. The fraction of sp³-hybridized carbons (Fsp3) is 0.444. The summed E-state index contributed by atoms with van der Waals surface area (Å²) >= 11 is 0. The van der Waals surface area contributed by atoms with Gasteiger partial charge in [-0.25, -0.2) is 0 Å². The number of nitrogens with one attached hydrogen (secondary N) is 1. The van der Waals surface area contributed by atoms with Crippen LogP contribution in [0.25, 0.3) is 0 Å². The van der Waals surface area contributed by atoms with E-state index in [4.69, 9.17) is 9.47 Å². The van der Waals surface area contributed by atoms with Crippen molar-refractivity contribution in [3.8, 4) is 6.07 Å². The van der Waals surface area contributed by atoms with Crippen LogP contribution in [0, 0.1) is 17.2 Å². The van der Waals surface area contributed by atoms with E-state index in [2.05, 4.69) is 16.3 Å². The van der Waals surface area contributed by atoms with E-state index in [9.17, 15) is 18.4 Å². The Hall–Kier alpha value is -2.41. The minimum atomic E-state index is -4.53. The molecule has 1 atom stereocenters. The number of H-pyrrole nitrogens is 1. The average molecular weight is 380 g/mol. The van der Waals surface area contributed by atoms with Gasteiger partial charge in [0, 0.05) is 26.1 Å². The quantitative estimate of drug-likeness (QED) is 0.748. The SMILES string of the molecule is COC(c1cc(C(F)(F)F)n[nH]1)N(Cc1ccccc1C#N)CC1COC1. The number of hydrogen-bond donors (Lipinski definition) is 1. The van der Waals surface area contributed by atoms with Crippen LogP contribution in [0.1, 0.15) is 28.7 Å². The van der Waals surface area contributed by atoms with Gasteiger partial charge in [0.1, 0.15) is 0 Å². The summed E-state index contributed by atoms with van der Waals surface area (Å²) in [5, 5.41) is 15.1. The van der Waals surface area contributed by atoms with Crippen molar-refractivity contribution in [2.75, 3.05) is 26.9 Å². The predicted molar refractivity (Wildman–Crippen MR) is 89.2 cm³/mol. The first kappa shape index (κ1) is 19.4. The second kappa shape index (κ2) is 8.08. The lowest BCUT2D eigenvalue weighted by molar-refractivity contribution is -0.141. The maximum absolute atomic E-state index is 12.9. The summed E-state index contributed by atoms with van der Waals surface area (Å²) in [5.41, 5.74) is 0.504. The molecule has 0 aliphatic carbocycles. The first-order valence-corrected chi connectivity index (χ1v) is 8.37. The molecule has 1 fully saturated rings. The summed E-state index contributed by atoms with van der Waals surface area (Å²) in [6.45, 7) is 2.07. The van der Waals surface area contributed by atoms with Crippen molar-refractivity contribution in [1.82, 2.24) is 15.1 Å². The molecule has 3 rings (SSSR count). The highest BCUT2D eigenvalue weighted by Gasteiger charge is 2.36. The Morgan fingerprint density at radius 1 is 1.41 bits per heavy atom. The van der Waals surface area contributed by atoms with Gasteiger partial charge < -0.3 is 9.47 Å². The number of hydrogen-bond acceptors (Lipinski definition) is 5. The monoisotopic (exact) mass is 380 g/mol. The van der Waals surface area contributed by atoms with E-state index in [1.807, 2.05) is 17.0 Å². The van der Waals surface area contributed by atoms with Gasteiger partial charge in [-0.15, -0.1) is 0 Å². The first-order valence-electron chi connectivity index (χ1n) is 8.37.